The summed E-state index contributed by atoms with van der Waals surface area (Å²) in [6.45, 7) is 3.56. The number of nitrogens with zero attached hydrogens (tertiary/aromatic N) is 1. The van der Waals surface area contributed by atoms with Crippen LogP contribution in [-0.4, -0.2) is 25.0 Å². The Morgan fingerprint density at radius 3 is 2.62 bits per heavy atom. The van der Waals surface area contributed by atoms with Crippen LogP contribution in [0.4, 0.5) is 0 Å². The Morgan fingerprint density at radius 1 is 1.50 bits per heavy atom. The zero-order valence-electron chi connectivity index (χ0n) is 9.07. The lowest BCUT2D eigenvalue weighted by Gasteiger charge is -2.09. The predicted octanol–water partition coefficient (Wildman–Crippen LogP) is 2.80. The Hall–Kier alpha value is -0.130. The van der Waals surface area contributed by atoms with Gasteiger partial charge in [0.15, 0.2) is 14.9 Å². The molecule has 0 aromatic carbocycles. The highest BCUT2D eigenvalue weighted by atomic mass is 79.9. The van der Waals surface area contributed by atoms with Crippen molar-refractivity contribution in [3.8, 4) is 0 Å². The summed E-state index contributed by atoms with van der Waals surface area (Å²) in [6, 6.07) is 3.20. The van der Waals surface area contributed by atoms with Crippen molar-refractivity contribution < 1.29 is 8.42 Å². The lowest BCUT2D eigenvalue weighted by atomic mass is 10.3. The Bertz CT molecular complexity index is 476. The molecule has 1 heterocycles. The normalized spacial score (nSPS) is 13.8. The summed E-state index contributed by atoms with van der Waals surface area (Å²) < 4.78 is 24.7. The van der Waals surface area contributed by atoms with Crippen LogP contribution < -0.4 is 0 Å². The number of sulfone groups is 1. The van der Waals surface area contributed by atoms with Crippen molar-refractivity contribution in [3.63, 3.8) is 0 Å². The summed E-state index contributed by atoms with van der Waals surface area (Å²) in [5, 5.41) is 0.116. The SMILES string of the molecule is Cc1nc(S(=O)(=O)CC(C)CCl)ccc1Br. The van der Waals surface area contributed by atoms with Crippen molar-refractivity contribution in [3.05, 3.63) is 22.3 Å². The summed E-state index contributed by atoms with van der Waals surface area (Å²) in [6.07, 6.45) is 0. The first-order chi connectivity index (χ1) is 7.36. The Labute approximate surface area is 109 Å². The van der Waals surface area contributed by atoms with Gasteiger partial charge in [-0.2, -0.15) is 0 Å². The van der Waals surface area contributed by atoms with E-state index in [0.717, 1.165) is 4.47 Å². The zero-order valence-corrected chi connectivity index (χ0v) is 12.2. The van der Waals surface area contributed by atoms with Gasteiger partial charge in [-0.15, -0.1) is 11.6 Å². The van der Waals surface area contributed by atoms with Crippen LogP contribution in [0.1, 0.15) is 12.6 Å². The molecule has 0 aliphatic rings. The van der Waals surface area contributed by atoms with Gasteiger partial charge in [0.05, 0.1) is 11.4 Å². The monoisotopic (exact) mass is 325 g/mol. The van der Waals surface area contributed by atoms with E-state index in [1.165, 1.54) is 6.07 Å². The molecule has 0 spiro atoms. The Balaban J connectivity index is 3.03. The highest BCUT2D eigenvalue weighted by Gasteiger charge is 2.19. The minimum Gasteiger partial charge on any atom is -0.240 e. The van der Waals surface area contributed by atoms with Gasteiger partial charge < -0.3 is 0 Å². The highest BCUT2D eigenvalue weighted by molar-refractivity contribution is 9.10. The molecule has 0 aliphatic heterocycles. The molecule has 1 aromatic rings. The quantitative estimate of drug-likeness (QED) is 0.799. The minimum absolute atomic E-state index is 0.0323. The van der Waals surface area contributed by atoms with Gasteiger partial charge in [-0.05, 0) is 40.9 Å². The third kappa shape index (κ3) is 3.43. The molecule has 1 atom stereocenters. The van der Waals surface area contributed by atoms with Crippen LogP contribution in [-0.2, 0) is 9.84 Å². The lowest BCUT2D eigenvalue weighted by Crippen LogP contribution is -2.16. The van der Waals surface area contributed by atoms with E-state index < -0.39 is 9.84 Å². The molecule has 0 radical (unpaired) electrons. The summed E-state index contributed by atoms with van der Waals surface area (Å²) in [5.41, 5.74) is 0.666. The summed E-state index contributed by atoms with van der Waals surface area (Å²) in [7, 11) is -3.33. The molecule has 3 nitrogen and oxygen atoms in total. The van der Waals surface area contributed by atoms with Gasteiger partial charge in [0, 0.05) is 10.4 Å². The number of aryl methyl sites for hydroxylation is 1. The Kier molecular flexibility index (Phi) is 4.76. The first kappa shape index (κ1) is 13.9. The van der Waals surface area contributed by atoms with E-state index in [1.54, 1.807) is 19.9 Å². The smallest absolute Gasteiger partial charge is 0.195 e. The van der Waals surface area contributed by atoms with Crippen LogP contribution in [0.15, 0.2) is 21.6 Å². The second-order valence-corrected chi connectivity index (χ2v) is 6.90. The van der Waals surface area contributed by atoms with Gasteiger partial charge in [0.25, 0.3) is 0 Å². The van der Waals surface area contributed by atoms with Crippen LogP contribution in [0.5, 0.6) is 0 Å². The Morgan fingerprint density at radius 2 is 2.12 bits per heavy atom. The maximum atomic E-state index is 11.9. The average molecular weight is 327 g/mol. The van der Waals surface area contributed by atoms with Crippen molar-refractivity contribution in [2.45, 2.75) is 18.9 Å². The molecule has 0 fully saturated rings. The van der Waals surface area contributed by atoms with Crippen molar-refractivity contribution in [1.29, 1.82) is 0 Å². The van der Waals surface area contributed by atoms with Crippen LogP contribution in [0.25, 0.3) is 0 Å². The fourth-order valence-electron chi connectivity index (χ4n) is 1.20. The molecule has 90 valence electrons. The molecule has 0 saturated heterocycles. The molecule has 1 rings (SSSR count). The van der Waals surface area contributed by atoms with Gasteiger partial charge >= 0.3 is 0 Å². The first-order valence-electron chi connectivity index (χ1n) is 4.78. The van der Waals surface area contributed by atoms with E-state index in [4.69, 9.17) is 11.6 Å². The summed E-state index contributed by atoms with van der Waals surface area (Å²) in [4.78, 5) is 4.05. The maximum Gasteiger partial charge on any atom is 0.195 e. The molecule has 0 aliphatic carbocycles. The van der Waals surface area contributed by atoms with Crippen LogP contribution >= 0.6 is 27.5 Å². The number of hydrogen-bond acceptors (Lipinski definition) is 3. The second kappa shape index (κ2) is 5.47. The molecule has 0 amide bonds. The fraction of sp³-hybridized carbons (Fsp3) is 0.500. The second-order valence-electron chi connectivity index (χ2n) is 3.76. The number of alkyl halides is 1. The third-order valence-corrected chi connectivity index (χ3v) is 5.32. The van der Waals surface area contributed by atoms with Crippen molar-refractivity contribution in [2.75, 3.05) is 11.6 Å². The molecule has 1 unspecified atom stereocenters. The summed E-state index contributed by atoms with van der Waals surface area (Å²) >= 11 is 8.89. The van der Waals surface area contributed by atoms with E-state index in [9.17, 15) is 8.42 Å². The number of hydrogen-bond donors (Lipinski definition) is 0. The van der Waals surface area contributed by atoms with E-state index in [2.05, 4.69) is 20.9 Å². The van der Waals surface area contributed by atoms with Crippen molar-refractivity contribution in [1.82, 2.24) is 4.98 Å². The zero-order chi connectivity index (χ0) is 12.3. The van der Waals surface area contributed by atoms with E-state index in [1.807, 2.05) is 0 Å². The third-order valence-electron chi connectivity index (χ3n) is 2.08. The number of pyridine rings is 1. The molecule has 6 heteroatoms. The van der Waals surface area contributed by atoms with Gasteiger partial charge in [-0.1, -0.05) is 6.92 Å². The average Bonchev–Trinajstić information content (AvgIpc) is 2.21. The molecule has 0 saturated carbocycles. The largest absolute Gasteiger partial charge is 0.240 e. The lowest BCUT2D eigenvalue weighted by molar-refractivity contribution is 0.579. The number of aromatic nitrogens is 1. The molecule has 1 aromatic heterocycles. The standard InChI is InChI=1S/C10H13BrClNO2S/c1-7(5-12)6-16(14,15)10-4-3-9(11)8(2)13-10/h3-4,7H,5-6H2,1-2H3. The van der Waals surface area contributed by atoms with E-state index >= 15 is 0 Å². The van der Waals surface area contributed by atoms with Gasteiger partial charge in [0.1, 0.15) is 0 Å². The maximum absolute atomic E-state index is 11.9. The van der Waals surface area contributed by atoms with Crippen LogP contribution in [0.3, 0.4) is 0 Å². The van der Waals surface area contributed by atoms with E-state index in [-0.39, 0.29) is 16.7 Å². The number of rotatable bonds is 4. The molecule has 0 N–H and O–H groups in total. The molecular weight excluding hydrogens is 314 g/mol. The molecule has 16 heavy (non-hydrogen) atoms. The van der Waals surface area contributed by atoms with Gasteiger partial charge in [-0.25, -0.2) is 13.4 Å². The molecule has 0 bridgehead atoms. The minimum atomic E-state index is -3.33. The van der Waals surface area contributed by atoms with E-state index in [0.29, 0.717) is 11.6 Å². The number of halogens is 2. The van der Waals surface area contributed by atoms with Crippen molar-refractivity contribution >= 4 is 37.4 Å². The van der Waals surface area contributed by atoms with Gasteiger partial charge in [0.2, 0.25) is 0 Å². The predicted molar refractivity (Wildman–Crippen MR) is 68.6 cm³/mol. The van der Waals surface area contributed by atoms with Gasteiger partial charge in [-0.3, -0.25) is 0 Å². The van der Waals surface area contributed by atoms with Crippen LogP contribution in [0.2, 0.25) is 0 Å². The topological polar surface area (TPSA) is 47.0 Å². The van der Waals surface area contributed by atoms with Crippen molar-refractivity contribution in [2.24, 2.45) is 5.92 Å². The fourth-order valence-corrected chi connectivity index (χ4v) is 3.25. The summed E-state index contributed by atoms with van der Waals surface area (Å²) in [5.74, 6) is 0.289. The molecular formula is C10H13BrClNO2S. The first-order valence-corrected chi connectivity index (χ1v) is 7.76. The highest BCUT2D eigenvalue weighted by Crippen LogP contribution is 2.18. The van der Waals surface area contributed by atoms with Crippen LogP contribution in [0, 0.1) is 12.8 Å².